The first-order valence-electron chi connectivity index (χ1n) is 17.8. The molecule has 0 spiro atoms. The normalized spacial score (nSPS) is 13.4. The average molecular weight is 815 g/mol. The molecule has 3 nitrogen and oxygen atoms in total. The maximum Gasteiger partial charge on any atom is 0.121 e. The quantitative estimate of drug-likeness (QED) is 0.124. The van der Waals surface area contributed by atoms with Gasteiger partial charge in [0.15, 0.2) is 0 Å². The number of benzene rings is 4. The van der Waals surface area contributed by atoms with Crippen LogP contribution in [0.2, 0.25) is 19.6 Å². The Morgan fingerprint density at radius 2 is 1.57 bits per heavy atom. The van der Waals surface area contributed by atoms with E-state index in [0.717, 1.165) is 43.9 Å². The van der Waals surface area contributed by atoms with Crippen molar-refractivity contribution in [2.45, 2.75) is 59.6 Å². The summed E-state index contributed by atoms with van der Waals surface area (Å²) in [6, 6.07) is 35.7. The van der Waals surface area contributed by atoms with Crippen LogP contribution < -0.4 is 5.19 Å². The van der Waals surface area contributed by atoms with Crippen molar-refractivity contribution in [2.24, 2.45) is 5.92 Å². The minimum atomic E-state index is -1.56. The van der Waals surface area contributed by atoms with Crippen molar-refractivity contribution >= 4 is 46.0 Å². The molecule has 0 saturated heterocycles. The van der Waals surface area contributed by atoms with E-state index in [1.54, 1.807) is 6.07 Å². The molecular formula is C42H42IrN2OSi-2. The Labute approximate surface area is 299 Å². The van der Waals surface area contributed by atoms with Crippen molar-refractivity contribution in [3.63, 3.8) is 0 Å². The van der Waals surface area contributed by atoms with Gasteiger partial charge in [-0.1, -0.05) is 106 Å². The van der Waals surface area contributed by atoms with E-state index in [-0.39, 0.29) is 32.2 Å². The second-order valence-corrected chi connectivity index (χ2v) is 18.2. The van der Waals surface area contributed by atoms with Gasteiger partial charge in [0.25, 0.3) is 0 Å². The van der Waals surface area contributed by atoms with E-state index in [0.29, 0.717) is 22.4 Å². The van der Waals surface area contributed by atoms with Crippen LogP contribution in [0.1, 0.15) is 50.2 Å². The third kappa shape index (κ3) is 7.65. The van der Waals surface area contributed by atoms with Gasteiger partial charge in [-0.15, -0.1) is 54.1 Å². The van der Waals surface area contributed by atoms with E-state index < -0.39 is 20.3 Å². The van der Waals surface area contributed by atoms with Crippen LogP contribution in [-0.2, 0) is 26.5 Å². The molecule has 0 N–H and O–H groups in total. The molecule has 3 aromatic heterocycles. The van der Waals surface area contributed by atoms with Gasteiger partial charge in [-0.2, -0.15) is 0 Å². The fourth-order valence-electron chi connectivity index (χ4n) is 5.72. The molecule has 0 aliphatic rings. The Morgan fingerprint density at radius 1 is 0.830 bits per heavy atom. The van der Waals surface area contributed by atoms with Crippen molar-refractivity contribution in [1.82, 2.24) is 9.97 Å². The van der Waals surface area contributed by atoms with Crippen molar-refractivity contribution in [2.75, 3.05) is 0 Å². The first-order chi connectivity index (χ1) is 23.5. The van der Waals surface area contributed by atoms with E-state index in [2.05, 4.69) is 66.0 Å². The van der Waals surface area contributed by atoms with Crippen molar-refractivity contribution < 1.29 is 30.0 Å². The van der Waals surface area contributed by atoms with Crippen molar-refractivity contribution in [3.8, 4) is 22.5 Å². The Morgan fingerprint density at radius 3 is 2.26 bits per heavy atom. The van der Waals surface area contributed by atoms with E-state index in [1.807, 2.05) is 88.5 Å². The minimum Gasteiger partial charge on any atom is -0.501 e. The molecule has 7 rings (SSSR count). The largest absolute Gasteiger partial charge is 0.501 e. The number of rotatable bonds is 6. The van der Waals surface area contributed by atoms with Gasteiger partial charge in [0.2, 0.25) is 0 Å². The van der Waals surface area contributed by atoms with Gasteiger partial charge in [-0.25, -0.2) is 0 Å². The van der Waals surface area contributed by atoms with Gasteiger partial charge in [0.05, 0.1) is 15.0 Å². The minimum absolute atomic E-state index is 0. The third-order valence-corrected chi connectivity index (χ3v) is 9.96. The molecule has 5 heteroatoms. The summed E-state index contributed by atoms with van der Waals surface area (Å²) in [5.41, 5.74) is 6.00. The van der Waals surface area contributed by atoms with Crippen LogP contribution in [-0.4, -0.2) is 18.0 Å². The molecule has 0 aliphatic carbocycles. The van der Waals surface area contributed by atoms with Gasteiger partial charge >= 0.3 is 0 Å². The summed E-state index contributed by atoms with van der Waals surface area (Å²) in [5, 5.41) is 5.49. The Hall–Kier alpha value is -3.89. The molecule has 0 fully saturated rings. The van der Waals surface area contributed by atoms with Gasteiger partial charge in [-0.05, 0) is 63.7 Å². The molecule has 0 aliphatic heterocycles. The molecule has 0 atom stereocenters. The molecule has 47 heavy (non-hydrogen) atoms. The van der Waals surface area contributed by atoms with Crippen LogP contribution in [0.3, 0.4) is 0 Å². The summed E-state index contributed by atoms with van der Waals surface area (Å²) in [6.45, 7) is 14.5. The van der Waals surface area contributed by atoms with E-state index in [4.69, 9.17) is 9.90 Å². The number of nitrogens with zero attached hydrogens (tertiary/aromatic N) is 2. The van der Waals surface area contributed by atoms with Gasteiger partial charge in [0, 0.05) is 42.0 Å². The molecule has 241 valence electrons. The van der Waals surface area contributed by atoms with Gasteiger partial charge in [-0.3, -0.25) is 0 Å². The zero-order valence-electron chi connectivity index (χ0n) is 32.0. The Kier molecular flexibility index (Phi) is 9.01. The van der Waals surface area contributed by atoms with E-state index in [9.17, 15) is 0 Å². The zero-order valence-corrected chi connectivity index (χ0v) is 31.3. The Balaban J connectivity index is 0.000000211. The van der Waals surface area contributed by atoms with Crippen LogP contribution >= 0.6 is 0 Å². The Bertz CT molecular complexity index is 2330. The number of hydrogen-bond acceptors (Lipinski definition) is 3. The zero-order chi connectivity index (χ0) is 36.0. The summed E-state index contributed by atoms with van der Waals surface area (Å²) >= 11 is 0. The number of pyridine rings is 2. The number of fused-ring (bicyclic) bond motifs is 4. The van der Waals surface area contributed by atoms with Crippen LogP contribution in [0.15, 0.2) is 108 Å². The fraction of sp³-hybridized carbons (Fsp3) is 0.238. The van der Waals surface area contributed by atoms with Crippen LogP contribution in [0, 0.1) is 18.1 Å². The average Bonchev–Trinajstić information content (AvgIpc) is 3.44. The van der Waals surface area contributed by atoms with Crippen LogP contribution in [0.5, 0.6) is 0 Å². The molecule has 0 bridgehead atoms. The molecular weight excluding hydrogens is 769 g/mol. The maximum atomic E-state index is 8.44. The molecule has 4 aromatic carbocycles. The SMILES string of the molecule is [2H]C(C)(C)c1cc(-c2[c-]cccc2)ncc1[Si](C)(C)C.[2H]c1cc(C([2H])([2H])C(C)C)cc(-c2[c-]ccc3c2oc2cc4ccccc4cc23)n1.[Ir]. The smallest absolute Gasteiger partial charge is 0.121 e. The predicted molar refractivity (Wildman–Crippen MR) is 197 cm³/mol. The first kappa shape index (κ1) is 29.3. The predicted octanol–water partition coefficient (Wildman–Crippen LogP) is 11.0. The third-order valence-electron chi connectivity index (χ3n) is 7.94. The molecule has 0 saturated carbocycles. The summed E-state index contributed by atoms with van der Waals surface area (Å²) in [4.78, 5) is 8.97. The van der Waals surface area contributed by atoms with E-state index >= 15 is 0 Å². The number of hydrogen-bond donors (Lipinski definition) is 0. The summed E-state index contributed by atoms with van der Waals surface area (Å²) in [5.74, 6) is -0.840. The second kappa shape index (κ2) is 14.5. The fourth-order valence-corrected chi connectivity index (χ4v) is 7.30. The first-order valence-corrected chi connectivity index (χ1v) is 19.3. The maximum absolute atomic E-state index is 8.44. The molecule has 0 amide bonds. The van der Waals surface area contributed by atoms with Crippen LogP contribution in [0.25, 0.3) is 55.2 Å². The topological polar surface area (TPSA) is 38.9 Å². The van der Waals surface area contributed by atoms with Gasteiger partial charge < -0.3 is 14.4 Å². The number of furan rings is 1. The monoisotopic (exact) mass is 815 g/mol. The molecule has 7 aromatic rings. The van der Waals surface area contributed by atoms with Gasteiger partial charge in [0.1, 0.15) is 5.58 Å². The van der Waals surface area contributed by atoms with E-state index in [1.165, 1.54) is 11.3 Å². The summed E-state index contributed by atoms with van der Waals surface area (Å²) in [6.07, 6.45) is 0.445. The number of aromatic nitrogens is 2. The van der Waals surface area contributed by atoms with Crippen LogP contribution in [0.4, 0.5) is 0 Å². The van der Waals surface area contributed by atoms with Crippen molar-refractivity contribution in [3.05, 3.63) is 127 Å². The molecule has 0 unspecified atom stereocenters. The molecule has 3 heterocycles. The second-order valence-electron chi connectivity index (χ2n) is 13.2. The standard InChI is InChI=1S/C25H20NO.C17H22NSi.Ir/c1-16(2)12-17-10-11-26-23(13-17)21-9-5-8-20-22-14-18-6-3-4-7-19(18)15-24(22)27-25(20)21;1-13(2)15-11-16(14-9-7-6-8-10-14)18-12-17(15)19(3,4)5;/h3-8,10-11,13-16H,12H2,1-2H3;6-9,11-13H,1-5H3;/q2*-1;/i11D,12D2;13D;. The summed E-state index contributed by atoms with van der Waals surface area (Å²) in [7, 11) is -1.50. The van der Waals surface area contributed by atoms with Crippen molar-refractivity contribution in [1.29, 1.82) is 0 Å². The summed E-state index contributed by atoms with van der Waals surface area (Å²) < 4.78 is 39.7. The molecule has 1 radical (unpaired) electrons.